The number of nitrogens with zero attached hydrogens (tertiary/aromatic N) is 3. The molecular formula is C6H6F5N5O7S. The third-order valence-electron chi connectivity index (χ3n) is 2.29. The third kappa shape index (κ3) is 5.01. The summed E-state index contributed by atoms with van der Waals surface area (Å²) >= 11 is -4.34. The predicted octanol–water partition coefficient (Wildman–Crippen LogP) is 0.601. The number of nitrogens with one attached hydrogen (secondary N) is 2. The van der Waals surface area contributed by atoms with Gasteiger partial charge in [0.05, 0.1) is 6.42 Å². The molecule has 0 radical (unpaired) electrons. The van der Waals surface area contributed by atoms with E-state index in [1.54, 1.807) is 0 Å². The molecule has 0 aliphatic heterocycles. The van der Waals surface area contributed by atoms with Crippen LogP contribution in [-0.2, 0) is 4.79 Å². The first-order valence-corrected chi connectivity index (χ1v) is 6.28. The Bertz CT molecular complexity index is 555. The van der Waals surface area contributed by atoms with Crippen LogP contribution in [0.1, 0.15) is 12.8 Å². The number of hydrazine groups is 1. The maximum absolute atomic E-state index is 12.1. The standard InChI is InChI=1S/C6H6F5N5O7S/c7-6(8,9)4(24(10)11)13-12-3(17)1-2-5(14(18)19,15(20)21)16(22)23/h13H,1-2H2,(H,12,17). The number of rotatable bonds is 6. The Morgan fingerprint density at radius 3 is 1.67 bits per heavy atom. The number of nitro groups is 3. The molecule has 0 aromatic rings. The number of carbonyl (C=O) groups excluding carboxylic acids is 1. The molecule has 0 saturated heterocycles. The van der Waals surface area contributed by atoms with Crippen molar-refractivity contribution in [2.24, 2.45) is 0 Å². The summed E-state index contributed by atoms with van der Waals surface area (Å²) in [6, 6.07) is 0. The number of hydrogen-bond acceptors (Lipinski definition) is 7. The van der Waals surface area contributed by atoms with Gasteiger partial charge in [0, 0.05) is 0 Å². The summed E-state index contributed by atoms with van der Waals surface area (Å²) < 4.78 is 60.6. The smallest absolute Gasteiger partial charge is 0.286 e. The first-order chi connectivity index (χ1) is 10.8. The Morgan fingerprint density at radius 1 is 0.958 bits per heavy atom. The van der Waals surface area contributed by atoms with Crippen LogP contribution >= 0.6 is 11.3 Å². The van der Waals surface area contributed by atoms with Gasteiger partial charge in [0.1, 0.15) is 0 Å². The highest BCUT2D eigenvalue weighted by Gasteiger charge is 2.69. The van der Waals surface area contributed by atoms with E-state index in [4.69, 9.17) is 0 Å². The lowest BCUT2D eigenvalue weighted by Crippen LogP contribution is -2.54. The molecule has 0 aromatic heterocycles. The van der Waals surface area contributed by atoms with Gasteiger partial charge in [0.2, 0.25) is 10.9 Å². The van der Waals surface area contributed by atoms with Gasteiger partial charge in [-0.2, -0.15) is 18.6 Å². The number of halogens is 5. The Hall–Kier alpha value is -2.50. The molecule has 0 heterocycles. The van der Waals surface area contributed by atoms with Crippen molar-refractivity contribution in [1.29, 1.82) is 0 Å². The molecule has 0 atom stereocenters. The monoisotopic (exact) mass is 387 g/mol. The van der Waals surface area contributed by atoms with Crippen LogP contribution in [0.25, 0.3) is 0 Å². The fourth-order valence-corrected chi connectivity index (χ4v) is 1.44. The zero-order chi connectivity index (χ0) is 19.3. The van der Waals surface area contributed by atoms with E-state index in [1.807, 2.05) is 0 Å². The van der Waals surface area contributed by atoms with Crippen LogP contribution in [0.4, 0.5) is 20.9 Å². The van der Waals surface area contributed by atoms with Crippen LogP contribution in [0.2, 0.25) is 0 Å². The molecule has 0 saturated carbocycles. The maximum atomic E-state index is 12.1. The van der Waals surface area contributed by atoms with E-state index in [0.717, 1.165) is 10.9 Å². The second-order valence-corrected chi connectivity index (χ2v) is 4.59. The summed E-state index contributed by atoms with van der Waals surface area (Å²) in [5.41, 5.74) is 1.90. The Morgan fingerprint density at radius 2 is 1.38 bits per heavy atom. The highest BCUT2D eigenvalue weighted by atomic mass is 32.2. The Balaban J connectivity index is 5.03. The molecule has 138 valence electrons. The number of hydrogen-bond donors (Lipinski definition) is 2. The second kappa shape index (κ2) is 7.86. The molecule has 0 aliphatic rings. The Kier molecular flexibility index (Phi) is 7.04. The van der Waals surface area contributed by atoms with E-state index in [-0.39, 0.29) is 0 Å². The minimum absolute atomic E-state index is 0.828. The van der Waals surface area contributed by atoms with Gasteiger partial charge in [-0.3, -0.25) is 40.6 Å². The average Bonchev–Trinajstić information content (AvgIpc) is 2.35. The van der Waals surface area contributed by atoms with Crippen molar-refractivity contribution in [1.82, 2.24) is 10.9 Å². The fraction of sp³-hybridized carbons (Fsp3) is 0.667. The molecule has 0 fully saturated rings. The molecule has 0 rings (SSSR count). The minimum Gasteiger partial charge on any atom is -0.286 e. The summed E-state index contributed by atoms with van der Waals surface area (Å²) in [4.78, 5) is 34.5. The summed E-state index contributed by atoms with van der Waals surface area (Å²) in [7, 11) is 0. The van der Waals surface area contributed by atoms with Gasteiger partial charge in [-0.25, -0.2) is 0 Å². The van der Waals surface area contributed by atoms with Gasteiger partial charge < -0.3 is 0 Å². The van der Waals surface area contributed by atoms with Crippen molar-refractivity contribution >= 4 is 22.2 Å². The Labute approximate surface area is 129 Å². The molecule has 1 amide bonds. The normalized spacial score (nSPS) is 11.9. The highest BCUT2D eigenvalue weighted by molar-refractivity contribution is 8.07. The molecule has 0 spiro atoms. The summed E-state index contributed by atoms with van der Waals surface area (Å²) in [6.07, 6.45) is -8.54. The molecule has 18 heteroatoms. The zero-order valence-electron chi connectivity index (χ0n) is 10.9. The van der Waals surface area contributed by atoms with Crippen molar-refractivity contribution in [2.45, 2.75) is 24.8 Å². The fourth-order valence-electron chi connectivity index (χ4n) is 1.14. The van der Waals surface area contributed by atoms with Gasteiger partial charge >= 0.3 is 12.0 Å². The SMILES string of the molecule is O=C(CCC([N+](=O)[O-])([N+](=O)[O-])[N+](=O)[O-])NNC(=S(F)F)C(F)(F)F. The lowest BCUT2D eigenvalue weighted by Gasteiger charge is -2.13. The van der Waals surface area contributed by atoms with Crippen LogP contribution in [0, 0.1) is 30.3 Å². The van der Waals surface area contributed by atoms with E-state index >= 15 is 0 Å². The lowest BCUT2D eigenvalue weighted by molar-refractivity contribution is -0.970. The van der Waals surface area contributed by atoms with Crippen LogP contribution in [0.15, 0.2) is 0 Å². The van der Waals surface area contributed by atoms with E-state index in [0.29, 0.717) is 0 Å². The van der Waals surface area contributed by atoms with Crippen molar-refractivity contribution in [3.05, 3.63) is 30.3 Å². The first kappa shape index (κ1) is 21.5. The quantitative estimate of drug-likeness (QED) is 0.219. The first-order valence-electron chi connectivity index (χ1n) is 5.26. The van der Waals surface area contributed by atoms with E-state index < -0.39 is 61.7 Å². The number of alkyl halides is 3. The van der Waals surface area contributed by atoms with Crippen molar-refractivity contribution in [2.75, 3.05) is 0 Å². The van der Waals surface area contributed by atoms with E-state index in [9.17, 15) is 56.1 Å². The van der Waals surface area contributed by atoms with Crippen molar-refractivity contribution in [3.63, 3.8) is 0 Å². The summed E-state index contributed by atoms with van der Waals surface area (Å²) in [5, 5.41) is 31.6. The minimum atomic E-state index is -5.54. The average molecular weight is 387 g/mol. The number of amides is 1. The summed E-state index contributed by atoms with van der Waals surface area (Å²) in [6.45, 7) is 0. The molecule has 12 nitrogen and oxygen atoms in total. The van der Waals surface area contributed by atoms with Crippen LogP contribution < -0.4 is 10.9 Å². The maximum Gasteiger partial charge on any atom is 0.700 e. The van der Waals surface area contributed by atoms with E-state index in [1.165, 1.54) is 0 Å². The van der Waals surface area contributed by atoms with Crippen molar-refractivity contribution < 1.29 is 40.5 Å². The lowest BCUT2D eigenvalue weighted by atomic mass is 10.2. The molecule has 2 N–H and O–H groups in total. The third-order valence-corrected chi connectivity index (χ3v) is 2.93. The largest absolute Gasteiger partial charge is 0.700 e. The molecule has 0 unspecified atom stereocenters. The molecule has 0 aromatic carbocycles. The zero-order valence-corrected chi connectivity index (χ0v) is 11.7. The van der Waals surface area contributed by atoms with Gasteiger partial charge in [-0.15, -0.1) is 7.77 Å². The predicted molar refractivity (Wildman–Crippen MR) is 65.1 cm³/mol. The van der Waals surface area contributed by atoms with Gasteiger partial charge in [-0.05, 0) is 0 Å². The molecule has 0 aliphatic carbocycles. The molecular weight excluding hydrogens is 381 g/mol. The van der Waals surface area contributed by atoms with Gasteiger partial charge in [-0.1, -0.05) is 0 Å². The highest BCUT2D eigenvalue weighted by Crippen LogP contribution is 2.27. The summed E-state index contributed by atoms with van der Waals surface area (Å²) in [5.74, 6) is -5.66. The van der Waals surface area contributed by atoms with E-state index in [2.05, 4.69) is 0 Å². The second-order valence-electron chi connectivity index (χ2n) is 3.76. The van der Waals surface area contributed by atoms with Gasteiger partial charge in [0.25, 0.3) is 0 Å². The van der Waals surface area contributed by atoms with Crippen molar-refractivity contribution in [3.8, 4) is 0 Å². The van der Waals surface area contributed by atoms with Crippen LogP contribution in [0.5, 0.6) is 0 Å². The van der Waals surface area contributed by atoms with Crippen LogP contribution in [0.3, 0.4) is 0 Å². The molecule has 0 bridgehead atoms. The number of carbonyl (C=O) groups is 1. The molecule has 24 heavy (non-hydrogen) atoms. The topological polar surface area (TPSA) is 171 Å². The van der Waals surface area contributed by atoms with Crippen LogP contribution in [-0.4, -0.2) is 37.6 Å². The van der Waals surface area contributed by atoms with Gasteiger partial charge in [0.15, 0.2) is 32.4 Å².